The van der Waals surface area contributed by atoms with Crippen LogP contribution in [0.5, 0.6) is 0 Å². The van der Waals surface area contributed by atoms with E-state index in [4.69, 9.17) is 5.73 Å². The second kappa shape index (κ2) is 2.41. The molecule has 0 aliphatic heterocycles. The van der Waals surface area contributed by atoms with Crippen molar-refractivity contribution in [2.45, 2.75) is 50.0 Å². The summed E-state index contributed by atoms with van der Waals surface area (Å²) in [6, 6.07) is 0. The van der Waals surface area contributed by atoms with E-state index in [-0.39, 0.29) is 12.8 Å². The van der Waals surface area contributed by atoms with Gasteiger partial charge >= 0.3 is 0 Å². The van der Waals surface area contributed by atoms with Crippen LogP contribution in [-0.4, -0.2) is 11.5 Å². The molecule has 2 rings (SSSR count). The Morgan fingerprint density at radius 1 is 1.08 bits per heavy atom. The van der Waals surface area contributed by atoms with E-state index in [9.17, 15) is 8.78 Å². The van der Waals surface area contributed by atoms with Crippen molar-refractivity contribution in [1.29, 1.82) is 0 Å². The minimum absolute atomic E-state index is 0.0787. The van der Waals surface area contributed by atoms with Gasteiger partial charge in [0.15, 0.2) is 0 Å². The zero-order valence-electron chi connectivity index (χ0n) is 7.15. The lowest BCUT2D eigenvalue weighted by Gasteiger charge is -2.48. The molecule has 0 saturated heterocycles. The van der Waals surface area contributed by atoms with E-state index >= 15 is 0 Å². The van der Waals surface area contributed by atoms with E-state index in [2.05, 4.69) is 0 Å². The number of rotatable bonds is 1. The molecule has 0 heterocycles. The highest BCUT2D eigenvalue weighted by Gasteiger charge is 2.57. The molecule has 0 bridgehead atoms. The summed E-state index contributed by atoms with van der Waals surface area (Å²) in [5.41, 5.74) is 5.39. The fourth-order valence-corrected chi connectivity index (χ4v) is 2.70. The van der Waals surface area contributed by atoms with Gasteiger partial charge in [0.2, 0.25) is 0 Å². The summed E-state index contributed by atoms with van der Waals surface area (Å²) >= 11 is 0. The summed E-state index contributed by atoms with van der Waals surface area (Å²) in [5.74, 6) is -2.09. The maximum atomic E-state index is 12.6. The van der Waals surface area contributed by atoms with Crippen LogP contribution in [0.2, 0.25) is 0 Å². The fourth-order valence-electron chi connectivity index (χ4n) is 2.70. The fraction of sp³-hybridized carbons (Fsp3) is 1.00. The highest BCUT2D eigenvalue weighted by Crippen LogP contribution is 2.51. The van der Waals surface area contributed by atoms with Crippen LogP contribution < -0.4 is 5.73 Å². The molecule has 0 aromatic carbocycles. The van der Waals surface area contributed by atoms with Crippen LogP contribution in [0, 0.1) is 5.92 Å². The topological polar surface area (TPSA) is 26.0 Å². The van der Waals surface area contributed by atoms with Crippen LogP contribution in [-0.2, 0) is 0 Å². The minimum atomic E-state index is -2.46. The van der Waals surface area contributed by atoms with E-state index in [1.807, 2.05) is 0 Å². The lowest BCUT2D eigenvalue weighted by atomic mass is 9.66. The molecule has 0 radical (unpaired) electrons. The van der Waals surface area contributed by atoms with Gasteiger partial charge in [0.25, 0.3) is 5.92 Å². The first-order chi connectivity index (χ1) is 5.52. The molecule has 0 unspecified atom stereocenters. The SMILES string of the molecule is NC1(C2CCCC2)CC(F)(F)C1. The van der Waals surface area contributed by atoms with Crippen molar-refractivity contribution in [3.8, 4) is 0 Å². The van der Waals surface area contributed by atoms with Gasteiger partial charge in [0, 0.05) is 18.4 Å². The number of alkyl halides is 2. The van der Waals surface area contributed by atoms with Crippen molar-refractivity contribution >= 4 is 0 Å². The van der Waals surface area contributed by atoms with Gasteiger partial charge in [-0.3, -0.25) is 0 Å². The highest BCUT2D eigenvalue weighted by atomic mass is 19.3. The van der Waals surface area contributed by atoms with E-state index in [0.717, 1.165) is 12.8 Å². The van der Waals surface area contributed by atoms with Crippen molar-refractivity contribution in [2.24, 2.45) is 11.7 Å². The van der Waals surface area contributed by atoms with Crippen molar-refractivity contribution in [2.75, 3.05) is 0 Å². The first kappa shape index (κ1) is 8.42. The van der Waals surface area contributed by atoms with Crippen molar-refractivity contribution < 1.29 is 8.78 Å². The quantitative estimate of drug-likeness (QED) is 0.650. The van der Waals surface area contributed by atoms with E-state index in [1.165, 1.54) is 12.8 Å². The summed E-state index contributed by atoms with van der Waals surface area (Å²) < 4.78 is 25.2. The van der Waals surface area contributed by atoms with Crippen LogP contribution in [0.25, 0.3) is 0 Å². The molecule has 12 heavy (non-hydrogen) atoms. The van der Waals surface area contributed by atoms with Gasteiger partial charge in [0.05, 0.1) is 0 Å². The predicted octanol–water partition coefficient (Wildman–Crippen LogP) is 2.30. The summed E-state index contributed by atoms with van der Waals surface area (Å²) in [6.45, 7) is 0. The average molecular weight is 175 g/mol. The van der Waals surface area contributed by atoms with Crippen molar-refractivity contribution in [3.05, 3.63) is 0 Å². The Morgan fingerprint density at radius 2 is 1.58 bits per heavy atom. The van der Waals surface area contributed by atoms with E-state index < -0.39 is 11.5 Å². The molecule has 1 nitrogen and oxygen atoms in total. The van der Waals surface area contributed by atoms with Gasteiger partial charge in [-0.15, -0.1) is 0 Å². The number of nitrogens with two attached hydrogens (primary N) is 1. The third kappa shape index (κ3) is 1.24. The molecular formula is C9H15F2N. The molecule has 70 valence electrons. The monoisotopic (exact) mass is 175 g/mol. The maximum absolute atomic E-state index is 12.6. The standard InChI is InChI=1S/C9H15F2N/c10-9(11)5-8(12,6-9)7-3-1-2-4-7/h7H,1-6,12H2. The maximum Gasteiger partial charge on any atom is 0.251 e. The van der Waals surface area contributed by atoms with E-state index in [1.54, 1.807) is 0 Å². The predicted molar refractivity (Wildman–Crippen MR) is 43.1 cm³/mol. The third-order valence-electron chi connectivity index (χ3n) is 3.34. The molecule has 0 aromatic heterocycles. The second-order valence-corrected chi connectivity index (χ2v) is 4.42. The Bertz CT molecular complexity index is 177. The first-order valence-electron chi connectivity index (χ1n) is 4.69. The summed E-state index contributed by atoms with van der Waals surface area (Å²) in [7, 11) is 0. The van der Waals surface area contributed by atoms with Crippen LogP contribution in [0.4, 0.5) is 8.78 Å². The van der Waals surface area contributed by atoms with Crippen LogP contribution in [0.15, 0.2) is 0 Å². The average Bonchev–Trinajstić information content (AvgIpc) is 2.31. The van der Waals surface area contributed by atoms with Gasteiger partial charge in [0.1, 0.15) is 0 Å². The molecule has 0 atom stereocenters. The highest BCUT2D eigenvalue weighted by molar-refractivity contribution is 5.07. The normalized spacial score (nSPS) is 33.2. The van der Waals surface area contributed by atoms with Gasteiger partial charge < -0.3 is 5.73 Å². The molecule has 2 saturated carbocycles. The van der Waals surface area contributed by atoms with E-state index in [0.29, 0.717) is 5.92 Å². The van der Waals surface area contributed by atoms with Gasteiger partial charge in [-0.25, -0.2) is 8.78 Å². The minimum Gasteiger partial charge on any atom is -0.324 e. The Morgan fingerprint density at radius 3 is 2.00 bits per heavy atom. The molecule has 2 aliphatic rings. The second-order valence-electron chi connectivity index (χ2n) is 4.42. The van der Waals surface area contributed by atoms with Crippen LogP contribution >= 0.6 is 0 Å². The zero-order valence-corrected chi connectivity index (χ0v) is 7.15. The Kier molecular flexibility index (Phi) is 1.69. The number of hydrogen-bond donors (Lipinski definition) is 1. The van der Waals surface area contributed by atoms with Gasteiger partial charge in [-0.1, -0.05) is 12.8 Å². The molecule has 3 heteroatoms. The summed E-state index contributed by atoms with van der Waals surface area (Å²) in [5, 5.41) is 0. The molecule has 2 fully saturated rings. The Hall–Kier alpha value is -0.180. The summed E-state index contributed by atoms with van der Waals surface area (Å²) in [6.07, 6.45) is 4.32. The Balaban J connectivity index is 1.96. The molecule has 2 aliphatic carbocycles. The van der Waals surface area contributed by atoms with Gasteiger partial charge in [-0.05, 0) is 18.8 Å². The molecule has 0 aromatic rings. The zero-order chi connectivity index (χ0) is 8.82. The number of halogens is 2. The molecular weight excluding hydrogens is 160 g/mol. The van der Waals surface area contributed by atoms with Crippen molar-refractivity contribution in [3.63, 3.8) is 0 Å². The van der Waals surface area contributed by atoms with Crippen LogP contribution in [0.3, 0.4) is 0 Å². The smallest absolute Gasteiger partial charge is 0.251 e. The Labute approximate surface area is 71.3 Å². The first-order valence-corrected chi connectivity index (χ1v) is 4.69. The summed E-state index contributed by atoms with van der Waals surface area (Å²) in [4.78, 5) is 0. The molecule has 2 N–H and O–H groups in total. The lowest BCUT2D eigenvalue weighted by molar-refractivity contribution is -0.138. The van der Waals surface area contributed by atoms with Crippen molar-refractivity contribution in [1.82, 2.24) is 0 Å². The van der Waals surface area contributed by atoms with Crippen LogP contribution in [0.1, 0.15) is 38.5 Å². The lowest BCUT2D eigenvalue weighted by Crippen LogP contribution is -2.61. The molecule has 0 spiro atoms. The van der Waals surface area contributed by atoms with Gasteiger partial charge in [-0.2, -0.15) is 0 Å². The third-order valence-corrected chi connectivity index (χ3v) is 3.34. The largest absolute Gasteiger partial charge is 0.324 e. The molecule has 0 amide bonds. The number of hydrogen-bond acceptors (Lipinski definition) is 1.